The van der Waals surface area contributed by atoms with E-state index in [1.54, 1.807) is 0 Å². The Labute approximate surface area is 335 Å². The second-order valence-electron chi connectivity index (χ2n) is 14.5. The van der Waals surface area contributed by atoms with Crippen LogP contribution in [0.15, 0.2) is 218 Å². The van der Waals surface area contributed by atoms with Gasteiger partial charge in [-0.3, -0.25) is 0 Å². The topological polar surface area (TPSA) is 8.17 Å². The highest BCUT2D eigenvalue weighted by molar-refractivity contribution is 7.25. The third-order valence-electron chi connectivity index (χ3n) is 11.2. The monoisotopic (exact) mass is 744 g/mol. The van der Waals surface area contributed by atoms with Crippen LogP contribution in [0.5, 0.6) is 0 Å². The van der Waals surface area contributed by atoms with Crippen LogP contribution in [0, 0.1) is 0 Å². The summed E-state index contributed by atoms with van der Waals surface area (Å²) in [5.41, 5.74) is 14.0. The molecule has 0 aliphatic carbocycles. The van der Waals surface area contributed by atoms with Gasteiger partial charge >= 0.3 is 0 Å². The molecule has 11 rings (SSSR count). The number of hydrogen-bond acceptors (Lipinski definition) is 2. The molecule has 0 N–H and O–H groups in total. The van der Waals surface area contributed by atoms with E-state index in [2.05, 4.69) is 228 Å². The Morgan fingerprint density at radius 3 is 1.60 bits per heavy atom. The van der Waals surface area contributed by atoms with Gasteiger partial charge in [0.1, 0.15) is 0 Å². The second kappa shape index (κ2) is 13.8. The predicted octanol–water partition coefficient (Wildman–Crippen LogP) is 15.6. The number of nitrogens with zero attached hydrogens (tertiary/aromatic N) is 2. The molecular weight excluding hydrogens is 709 g/mol. The summed E-state index contributed by atoms with van der Waals surface area (Å²) >= 11 is 1.87. The molecule has 0 aliphatic rings. The first-order valence-electron chi connectivity index (χ1n) is 19.4. The van der Waals surface area contributed by atoms with Crippen molar-refractivity contribution in [3.63, 3.8) is 0 Å². The molecule has 9 aromatic carbocycles. The number of rotatable bonds is 7. The molecular formula is C54H36N2S. The zero-order chi connectivity index (χ0) is 37.7. The maximum Gasteiger partial charge on any atom is 0.0640 e. The summed E-state index contributed by atoms with van der Waals surface area (Å²) in [6, 6.07) is 79.4. The molecule has 11 aromatic rings. The lowest BCUT2D eigenvalue weighted by atomic mass is 9.95. The smallest absolute Gasteiger partial charge is 0.0640 e. The van der Waals surface area contributed by atoms with Crippen LogP contribution in [-0.4, -0.2) is 4.57 Å². The maximum absolute atomic E-state index is 2.48. The summed E-state index contributed by atoms with van der Waals surface area (Å²) in [6.07, 6.45) is 0. The molecule has 0 radical (unpaired) electrons. The molecule has 3 heteroatoms. The van der Waals surface area contributed by atoms with Gasteiger partial charge in [-0.25, -0.2) is 0 Å². The number of fused-ring (bicyclic) bond motifs is 6. The van der Waals surface area contributed by atoms with Gasteiger partial charge in [-0.1, -0.05) is 158 Å². The molecule has 0 saturated carbocycles. The maximum atomic E-state index is 2.48. The van der Waals surface area contributed by atoms with E-state index in [9.17, 15) is 0 Å². The van der Waals surface area contributed by atoms with Crippen molar-refractivity contribution in [3.8, 4) is 39.1 Å². The first kappa shape index (κ1) is 33.2. The Hall–Kier alpha value is -7.20. The van der Waals surface area contributed by atoms with Crippen molar-refractivity contribution in [2.45, 2.75) is 0 Å². The van der Waals surface area contributed by atoms with Crippen LogP contribution >= 0.6 is 11.3 Å². The largest absolute Gasteiger partial charge is 0.310 e. The number of thiophene rings is 1. The van der Waals surface area contributed by atoms with Crippen LogP contribution in [-0.2, 0) is 0 Å². The SMILES string of the molecule is c1ccc(-c2cccc(N(c3cccc(-c4ccccc4)c3)c3ccc(-c4cccc5sc6ccccc6c45)c4c3c3ccccc3n4-c3ccccc3)c2)cc1. The van der Waals surface area contributed by atoms with E-state index in [-0.39, 0.29) is 0 Å². The second-order valence-corrected chi connectivity index (χ2v) is 15.6. The van der Waals surface area contributed by atoms with Gasteiger partial charge in [-0.15, -0.1) is 11.3 Å². The summed E-state index contributed by atoms with van der Waals surface area (Å²) in [6.45, 7) is 0. The zero-order valence-corrected chi connectivity index (χ0v) is 31.9. The van der Waals surface area contributed by atoms with Crippen LogP contribution < -0.4 is 4.90 Å². The minimum atomic E-state index is 1.10. The average molecular weight is 745 g/mol. The number of hydrogen-bond donors (Lipinski definition) is 0. The summed E-state index contributed by atoms with van der Waals surface area (Å²) < 4.78 is 5.08. The lowest BCUT2D eigenvalue weighted by Crippen LogP contribution is -2.11. The minimum Gasteiger partial charge on any atom is -0.310 e. The van der Waals surface area contributed by atoms with Crippen molar-refractivity contribution in [3.05, 3.63) is 218 Å². The van der Waals surface area contributed by atoms with Gasteiger partial charge in [-0.2, -0.15) is 0 Å². The molecule has 0 unspecified atom stereocenters. The van der Waals surface area contributed by atoms with Crippen molar-refractivity contribution in [1.82, 2.24) is 4.57 Å². The highest BCUT2D eigenvalue weighted by Crippen LogP contribution is 2.50. The molecule has 2 aromatic heterocycles. The Bertz CT molecular complexity index is 3150. The van der Waals surface area contributed by atoms with E-state index in [1.165, 1.54) is 75.4 Å². The van der Waals surface area contributed by atoms with E-state index in [0.717, 1.165) is 22.7 Å². The van der Waals surface area contributed by atoms with Gasteiger partial charge in [0.15, 0.2) is 0 Å². The molecule has 0 bridgehead atoms. The first-order valence-corrected chi connectivity index (χ1v) is 20.3. The highest BCUT2D eigenvalue weighted by atomic mass is 32.1. The van der Waals surface area contributed by atoms with Gasteiger partial charge in [0.05, 0.1) is 16.7 Å². The standard InChI is InChI=1S/C54H36N2S/c1-4-17-37(18-5-1)39-21-14-25-42(35-39)55(43-26-15-22-40(36-43)38-19-6-2-7-20-38)49-34-33-45(44-29-16-32-51-52(44)47-28-11-13-31-50(47)57-51)54-53(49)46-27-10-12-30-48(46)56(54)41-23-8-3-9-24-41/h1-36H. The van der Waals surface area contributed by atoms with Crippen LogP contribution in [0.1, 0.15) is 0 Å². The molecule has 0 aliphatic heterocycles. The lowest BCUT2D eigenvalue weighted by Gasteiger charge is -2.28. The number of aromatic nitrogens is 1. The third kappa shape index (κ3) is 5.63. The van der Waals surface area contributed by atoms with Crippen molar-refractivity contribution in [2.24, 2.45) is 0 Å². The van der Waals surface area contributed by atoms with E-state index >= 15 is 0 Å². The molecule has 57 heavy (non-hydrogen) atoms. The normalized spacial score (nSPS) is 11.5. The van der Waals surface area contributed by atoms with Gasteiger partial charge in [-0.05, 0) is 88.5 Å². The average Bonchev–Trinajstić information content (AvgIpc) is 3.85. The fraction of sp³-hybridized carbons (Fsp3) is 0. The fourth-order valence-corrected chi connectivity index (χ4v) is 9.80. The van der Waals surface area contributed by atoms with Crippen LogP contribution in [0.2, 0.25) is 0 Å². The molecule has 0 spiro atoms. The highest BCUT2D eigenvalue weighted by Gasteiger charge is 2.25. The van der Waals surface area contributed by atoms with Crippen molar-refractivity contribution in [2.75, 3.05) is 4.90 Å². The minimum absolute atomic E-state index is 1.10. The number of benzene rings is 9. The lowest BCUT2D eigenvalue weighted by molar-refractivity contribution is 1.18. The van der Waals surface area contributed by atoms with Crippen LogP contribution in [0.4, 0.5) is 17.1 Å². The van der Waals surface area contributed by atoms with E-state index in [4.69, 9.17) is 0 Å². The van der Waals surface area contributed by atoms with Crippen LogP contribution in [0.25, 0.3) is 81.0 Å². The third-order valence-corrected chi connectivity index (χ3v) is 12.3. The molecule has 0 amide bonds. The Morgan fingerprint density at radius 2 is 0.912 bits per heavy atom. The Balaban J connectivity index is 1.26. The number of para-hydroxylation sites is 2. The zero-order valence-electron chi connectivity index (χ0n) is 31.1. The van der Waals surface area contributed by atoms with Crippen LogP contribution in [0.3, 0.4) is 0 Å². The molecule has 2 heterocycles. The summed E-state index contributed by atoms with van der Waals surface area (Å²) in [4.78, 5) is 2.47. The van der Waals surface area contributed by atoms with Gasteiger partial charge in [0.2, 0.25) is 0 Å². The van der Waals surface area contributed by atoms with Gasteiger partial charge in [0.25, 0.3) is 0 Å². The first-order chi connectivity index (χ1) is 28.3. The fourth-order valence-electron chi connectivity index (χ4n) is 8.66. The Kier molecular flexibility index (Phi) is 8.04. The summed E-state index contributed by atoms with van der Waals surface area (Å²) in [5.74, 6) is 0. The van der Waals surface area contributed by atoms with Gasteiger partial charge < -0.3 is 9.47 Å². The van der Waals surface area contributed by atoms with E-state index < -0.39 is 0 Å². The van der Waals surface area contributed by atoms with E-state index in [0.29, 0.717) is 0 Å². The quantitative estimate of drug-likeness (QED) is 0.158. The van der Waals surface area contributed by atoms with E-state index in [1.807, 2.05) is 11.3 Å². The molecule has 0 saturated heterocycles. The van der Waals surface area contributed by atoms with Crippen molar-refractivity contribution >= 4 is 70.4 Å². The molecule has 0 fully saturated rings. The van der Waals surface area contributed by atoms with Crippen molar-refractivity contribution < 1.29 is 0 Å². The molecule has 2 nitrogen and oxygen atoms in total. The molecule has 268 valence electrons. The molecule has 0 atom stereocenters. The number of anilines is 3. The predicted molar refractivity (Wildman–Crippen MR) is 245 cm³/mol. The van der Waals surface area contributed by atoms with Gasteiger partial charge in [0, 0.05) is 53.6 Å². The Morgan fingerprint density at radius 1 is 0.368 bits per heavy atom. The summed E-state index contributed by atoms with van der Waals surface area (Å²) in [5, 5.41) is 5.02. The van der Waals surface area contributed by atoms with Crippen molar-refractivity contribution in [1.29, 1.82) is 0 Å². The summed E-state index contributed by atoms with van der Waals surface area (Å²) in [7, 11) is 0.